The molecule has 0 bridgehead atoms. The van der Waals surface area contributed by atoms with Crippen LogP contribution < -0.4 is 5.73 Å². The molecule has 0 aliphatic rings. The quantitative estimate of drug-likeness (QED) is 0.738. The lowest BCUT2D eigenvalue weighted by Gasteiger charge is -2.22. The van der Waals surface area contributed by atoms with Crippen LogP contribution in [0.1, 0.15) is 37.5 Å². The Balaban J connectivity index is 3.13. The second kappa shape index (κ2) is 3.51. The summed E-state index contributed by atoms with van der Waals surface area (Å²) in [5.74, 6) is 0. The Labute approximate surface area is 81.0 Å². The molecule has 1 heteroatoms. The average molecular weight is 177 g/mol. The van der Waals surface area contributed by atoms with Gasteiger partial charge >= 0.3 is 0 Å². The van der Waals surface area contributed by atoms with Crippen LogP contribution in [0.15, 0.2) is 18.2 Å². The number of nitrogens with two attached hydrogens (primary N) is 1. The second-order valence-corrected chi connectivity index (χ2v) is 4.22. The third-order valence-corrected chi connectivity index (χ3v) is 2.39. The summed E-state index contributed by atoms with van der Waals surface area (Å²) >= 11 is 0. The normalized spacial score (nSPS) is 11.8. The van der Waals surface area contributed by atoms with Crippen LogP contribution in [0.2, 0.25) is 0 Å². The fraction of sp³-hybridized carbons (Fsp3) is 0.500. The van der Waals surface area contributed by atoms with Crippen molar-refractivity contribution in [2.75, 3.05) is 0 Å². The fourth-order valence-electron chi connectivity index (χ4n) is 1.67. The molecule has 0 saturated carbocycles. The van der Waals surface area contributed by atoms with Gasteiger partial charge in [-0.2, -0.15) is 0 Å². The maximum absolute atomic E-state index is 6.05. The maximum Gasteiger partial charge on any atom is 0.0355 e. The smallest absolute Gasteiger partial charge is 0.0355 e. The van der Waals surface area contributed by atoms with Crippen LogP contribution in [0.5, 0.6) is 0 Å². The molecule has 0 aliphatic carbocycles. The van der Waals surface area contributed by atoms with Gasteiger partial charge in [-0.25, -0.2) is 0 Å². The van der Waals surface area contributed by atoms with Crippen molar-refractivity contribution in [2.24, 2.45) is 5.73 Å². The van der Waals surface area contributed by atoms with E-state index in [4.69, 9.17) is 5.73 Å². The van der Waals surface area contributed by atoms with Crippen LogP contribution in [0, 0.1) is 6.92 Å². The van der Waals surface area contributed by atoms with Gasteiger partial charge in [0.1, 0.15) is 0 Å². The molecule has 72 valence electrons. The van der Waals surface area contributed by atoms with Gasteiger partial charge in [0, 0.05) is 5.54 Å². The van der Waals surface area contributed by atoms with Gasteiger partial charge in [-0.3, -0.25) is 0 Å². The van der Waals surface area contributed by atoms with Crippen molar-refractivity contribution in [1.29, 1.82) is 0 Å². The van der Waals surface area contributed by atoms with E-state index >= 15 is 0 Å². The lowest BCUT2D eigenvalue weighted by atomic mass is 9.90. The van der Waals surface area contributed by atoms with Gasteiger partial charge in [-0.15, -0.1) is 0 Å². The van der Waals surface area contributed by atoms with Gasteiger partial charge in [0.15, 0.2) is 0 Å². The van der Waals surface area contributed by atoms with Crippen LogP contribution in [0.4, 0.5) is 0 Å². The highest BCUT2D eigenvalue weighted by molar-refractivity contribution is 5.35. The highest BCUT2D eigenvalue weighted by Crippen LogP contribution is 2.21. The molecule has 1 aromatic rings. The van der Waals surface area contributed by atoms with Crippen LogP contribution in [-0.2, 0) is 12.0 Å². The first kappa shape index (κ1) is 10.3. The molecular formula is C12H19N. The van der Waals surface area contributed by atoms with E-state index in [9.17, 15) is 0 Å². The monoisotopic (exact) mass is 177 g/mol. The minimum absolute atomic E-state index is 0.226. The summed E-state index contributed by atoms with van der Waals surface area (Å²) in [5.41, 5.74) is 9.74. The SMILES string of the molecule is CCc1ccc(C(C)(C)N)c(C)c1. The molecule has 0 atom stereocenters. The highest BCUT2D eigenvalue weighted by Gasteiger charge is 2.15. The standard InChI is InChI=1S/C12H19N/c1-5-10-6-7-11(9(2)8-10)12(3,4)13/h6-8H,5,13H2,1-4H3. The molecule has 1 nitrogen and oxygen atoms in total. The Morgan fingerprint density at radius 3 is 2.31 bits per heavy atom. The van der Waals surface area contributed by atoms with Crippen LogP contribution in [0.25, 0.3) is 0 Å². The molecule has 0 amide bonds. The summed E-state index contributed by atoms with van der Waals surface area (Å²) in [6.45, 7) is 8.38. The number of hydrogen-bond donors (Lipinski definition) is 1. The molecule has 1 aromatic carbocycles. The minimum Gasteiger partial charge on any atom is -0.322 e. The Bertz CT molecular complexity index is 294. The Morgan fingerprint density at radius 1 is 1.31 bits per heavy atom. The van der Waals surface area contributed by atoms with E-state index in [1.165, 1.54) is 16.7 Å². The fourth-order valence-corrected chi connectivity index (χ4v) is 1.67. The first-order valence-corrected chi connectivity index (χ1v) is 4.84. The van der Waals surface area contributed by atoms with Gasteiger partial charge in [-0.1, -0.05) is 25.1 Å². The molecular weight excluding hydrogens is 158 g/mol. The molecule has 0 saturated heterocycles. The van der Waals surface area contributed by atoms with Crippen molar-refractivity contribution in [1.82, 2.24) is 0 Å². The number of aryl methyl sites for hydroxylation is 2. The predicted octanol–water partition coefficient (Wildman–Crippen LogP) is 2.75. The van der Waals surface area contributed by atoms with Gasteiger partial charge in [0.05, 0.1) is 0 Å². The third kappa shape index (κ3) is 2.31. The first-order chi connectivity index (χ1) is 5.95. The largest absolute Gasteiger partial charge is 0.322 e. The molecule has 0 aromatic heterocycles. The lowest BCUT2D eigenvalue weighted by molar-refractivity contribution is 0.550. The van der Waals surface area contributed by atoms with Crippen molar-refractivity contribution in [3.05, 3.63) is 34.9 Å². The summed E-state index contributed by atoms with van der Waals surface area (Å²) in [7, 11) is 0. The molecule has 0 aliphatic heterocycles. The van der Waals surface area contributed by atoms with Crippen molar-refractivity contribution in [3.63, 3.8) is 0 Å². The second-order valence-electron chi connectivity index (χ2n) is 4.22. The average Bonchev–Trinajstić information content (AvgIpc) is 2.01. The van der Waals surface area contributed by atoms with Crippen molar-refractivity contribution < 1.29 is 0 Å². The molecule has 1 rings (SSSR count). The molecule has 0 fully saturated rings. The van der Waals surface area contributed by atoms with Gasteiger partial charge in [-0.05, 0) is 43.9 Å². The summed E-state index contributed by atoms with van der Waals surface area (Å²) < 4.78 is 0. The first-order valence-electron chi connectivity index (χ1n) is 4.84. The summed E-state index contributed by atoms with van der Waals surface area (Å²) in [6.07, 6.45) is 1.09. The van der Waals surface area contributed by atoms with Gasteiger partial charge in [0.2, 0.25) is 0 Å². The lowest BCUT2D eigenvalue weighted by Crippen LogP contribution is -2.29. The molecule has 0 spiro atoms. The van der Waals surface area contributed by atoms with Gasteiger partial charge in [0.25, 0.3) is 0 Å². The van der Waals surface area contributed by atoms with E-state index in [0.29, 0.717) is 0 Å². The number of hydrogen-bond acceptors (Lipinski definition) is 1. The summed E-state index contributed by atoms with van der Waals surface area (Å²) in [5, 5.41) is 0. The van der Waals surface area contributed by atoms with Crippen molar-refractivity contribution in [2.45, 2.75) is 39.7 Å². The molecule has 2 N–H and O–H groups in total. The van der Waals surface area contributed by atoms with E-state index in [1.807, 2.05) is 13.8 Å². The number of benzene rings is 1. The molecule has 13 heavy (non-hydrogen) atoms. The van der Waals surface area contributed by atoms with E-state index in [2.05, 4.69) is 32.0 Å². The summed E-state index contributed by atoms with van der Waals surface area (Å²) in [4.78, 5) is 0. The predicted molar refractivity (Wildman–Crippen MR) is 57.8 cm³/mol. The maximum atomic E-state index is 6.05. The van der Waals surface area contributed by atoms with E-state index in [-0.39, 0.29) is 5.54 Å². The Kier molecular flexibility index (Phi) is 2.77. The number of rotatable bonds is 2. The Hall–Kier alpha value is -0.820. The van der Waals surface area contributed by atoms with Crippen LogP contribution in [0.3, 0.4) is 0 Å². The Morgan fingerprint density at radius 2 is 1.92 bits per heavy atom. The van der Waals surface area contributed by atoms with Crippen molar-refractivity contribution >= 4 is 0 Å². The molecule has 0 unspecified atom stereocenters. The van der Waals surface area contributed by atoms with E-state index in [1.54, 1.807) is 0 Å². The van der Waals surface area contributed by atoms with E-state index in [0.717, 1.165) is 6.42 Å². The zero-order valence-corrected chi connectivity index (χ0v) is 9.02. The zero-order chi connectivity index (χ0) is 10.1. The van der Waals surface area contributed by atoms with Crippen LogP contribution >= 0.6 is 0 Å². The minimum atomic E-state index is -0.226. The third-order valence-electron chi connectivity index (χ3n) is 2.39. The van der Waals surface area contributed by atoms with Crippen molar-refractivity contribution in [3.8, 4) is 0 Å². The molecule has 0 radical (unpaired) electrons. The topological polar surface area (TPSA) is 26.0 Å². The summed E-state index contributed by atoms with van der Waals surface area (Å²) in [6, 6.07) is 6.54. The molecule has 0 heterocycles. The van der Waals surface area contributed by atoms with Gasteiger partial charge < -0.3 is 5.73 Å². The van der Waals surface area contributed by atoms with E-state index < -0.39 is 0 Å². The highest BCUT2D eigenvalue weighted by atomic mass is 14.7. The zero-order valence-electron chi connectivity index (χ0n) is 9.02. The van der Waals surface area contributed by atoms with Crippen LogP contribution in [-0.4, -0.2) is 0 Å².